The molecule has 0 aliphatic heterocycles. The summed E-state index contributed by atoms with van der Waals surface area (Å²) in [4.78, 5) is 12.8. The normalized spacial score (nSPS) is 12.3. The van der Waals surface area contributed by atoms with Crippen molar-refractivity contribution in [2.75, 3.05) is 28.3 Å². The molecular weight excluding hydrogens is 222 g/mol. The summed E-state index contributed by atoms with van der Waals surface area (Å²) < 4.78 is 10.3. The first-order chi connectivity index (χ1) is 8.01. The van der Waals surface area contributed by atoms with E-state index in [4.69, 9.17) is 9.47 Å². The molecule has 0 unspecified atom stereocenters. The molecule has 17 heavy (non-hydrogen) atoms. The second kappa shape index (κ2) is 5.54. The van der Waals surface area contributed by atoms with Crippen molar-refractivity contribution in [1.29, 1.82) is 0 Å². The molecule has 1 atom stereocenters. The van der Waals surface area contributed by atoms with Gasteiger partial charge < -0.3 is 14.6 Å². The molecule has 1 aromatic rings. The van der Waals surface area contributed by atoms with Crippen molar-refractivity contribution in [3.8, 4) is 11.5 Å². The molecule has 1 aromatic carbocycles. The molecule has 0 heterocycles. The Bertz CT molecular complexity index is 403. The maximum absolute atomic E-state index is 11.2. The van der Waals surface area contributed by atoms with Crippen LogP contribution in [-0.2, 0) is 4.79 Å². The zero-order chi connectivity index (χ0) is 13.0. The first kappa shape index (κ1) is 13.3. The van der Waals surface area contributed by atoms with Crippen molar-refractivity contribution in [2.45, 2.75) is 6.04 Å². The van der Waals surface area contributed by atoms with Gasteiger partial charge in [-0.3, -0.25) is 9.69 Å². The van der Waals surface area contributed by atoms with Gasteiger partial charge in [0.15, 0.2) is 11.5 Å². The Kier molecular flexibility index (Phi) is 4.34. The lowest BCUT2D eigenvalue weighted by Gasteiger charge is -2.21. The molecule has 0 saturated heterocycles. The Balaban J connectivity index is 3.17. The SMILES string of the molecule is COc1ccc([C@H](C(=O)O)N(C)C)cc1OC. The van der Waals surface area contributed by atoms with E-state index >= 15 is 0 Å². The predicted molar refractivity (Wildman–Crippen MR) is 63.6 cm³/mol. The Morgan fingerprint density at radius 3 is 2.24 bits per heavy atom. The van der Waals surface area contributed by atoms with Crippen LogP contribution in [0.1, 0.15) is 11.6 Å². The lowest BCUT2D eigenvalue weighted by atomic mass is 10.1. The molecule has 0 aliphatic rings. The van der Waals surface area contributed by atoms with Gasteiger partial charge in [-0.1, -0.05) is 6.07 Å². The highest BCUT2D eigenvalue weighted by atomic mass is 16.5. The molecule has 0 aromatic heterocycles. The van der Waals surface area contributed by atoms with Crippen LogP contribution in [0.5, 0.6) is 11.5 Å². The van der Waals surface area contributed by atoms with E-state index in [9.17, 15) is 9.90 Å². The van der Waals surface area contributed by atoms with Crippen LogP contribution < -0.4 is 9.47 Å². The molecule has 1 N–H and O–H groups in total. The Morgan fingerprint density at radius 2 is 1.82 bits per heavy atom. The van der Waals surface area contributed by atoms with Crippen LogP contribution in [-0.4, -0.2) is 44.3 Å². The van der Waals surface area contributed by atoms with Crippen molar-refractivity contribution < 1.29 is 19.4 Å². The first-order valence-electron chi connectivity index (χ1n) is 5.12. The van der Waals surface area contributed by atoms with Crippen molar-refractivity contribution in [3.05, 3.63) is 23.8 Å². The van der Waals surface area contributed by atoms with E-state index in [0.717, 1.165) is 0 Å². The lowest BCUT2D eigenvalue weighted by molar-refractivity contribution is -0.142. The molecule has 0 spiro atoms. The van der Waals surface area contributed by atoms with E-state index in [2.05, 4.69) is 0 Å². The number of carbonyl (C=O) groups is 1. The molecule has 0 fully saturated rings. The molecule has 94 valence electrons. The quantitative estimate of drug-likeness (QED) is 0.841. The molecule has 0 bridgehead atoms. The number of carboxylic acids is 1. The first-order valence-corrected chi connectivity index (χ1v) is 5.12. The van der Waals surface area contributed by atoms with Gasteiger partial charge in [-0.05, 0) is 31.8 Å². The van der Waals surface area contributed by atoms with Crippen LogP contribution >= 0.6 is 0 Å². The Morgan fingerprint density at radius 1 is 1.24 bits per heavy atom. The van der Waals surface area contributed by atoms with Gasteiger partial charge in [0.25, 0.3) is 0 Å². The van der Waals surface area contributed by atoms with E-state index in [0.29, 0.717) is 17.1 Å². The van der Waals surface area contributed by atoms with Gasteiger partial charge >= 0.3 is 5.97 Å². The number of methoxy groups -OCH3 is 2. The fraction of sp³-hybridized carbons (Fsp3) is 0.417. The molecule has 5 nitrogen and oxygen atoms in total. The topological polar surface area (TPSA) is 59.0 Å². The van der Waals surface area contributed by atoms with Gasteiger partial charge in [-0.2, -0.15) is 0 Å². The van der Waals surface area contributed by atoms with Crippen molar-refractivity contribution in [1.82, 2.24) is 4.90 Å². The van der Waals surface area contributed by atoms with E-state index in [1.54, 1.807) is 37.2 Å². The van der Waals surface area contributed by atoms with Gasteiger partial charge in [0.1, 0.15) is 6.04 Å². The summed E-state index contributed by atoms with van der Waals surface area (Å²) in [7, 11) is 6.50. The second-order valence-electron chi connectivity index (χ2n) is 3.82. The van der Waals surface area contributed by atoms with Crippen LogP contribution in [0.3, 0.4) is 0 Å². The monoisotopic (exact) mass is 239 g/mol. The summed E-state index contributed by atoms with van der Waals surface area (Å²) in [6, 6.07) is 4.40. The summed E-state index contributed by atoms with van der Waals surface area (Å²) in [6.07, 6.45) is 0. The molecule has 0 radical (unpaired) electrons. The fourth-order valence-electron chi connectivity index (χ4n) is 1.68. The fourth-order valence-corrected chi connectivity index (χ4v) is 1.68. The molecule has 1 rings (SSSR count). The van der Waals surface area contributed by atoms with Gasteiger partial charge in [-0.15, -0.1) is 0 Å². The average Bonchev–Trinajstić information content (AvgIpc) is 2.27. The van der Waals surface area contributed by atoms with Gasteiger partial charge in [0.05, 0.1) is 14.2 Å². The molecule has 0 aliphatic carbocycles. The lowest BCUT2D eigenvalue weighted by Crippen LogP contribution is -2.27. The third-order valence-corrected chi connectivity index (χ3v) is 2.47. The van der Waals surface area contributed by atoms with Crippen LogP contribution in [0.4, 0.5) is 0 Å². The number of nitrogens with zero attached hydrogens (tertiary/aromatic N) is 1. The zero-order valence-electron chi connectivity index (χ0n) is 10.4. The smallest absolute Gasteiger partial charge is 0.325 e. The summed E-state index contributed by atoms with van der Waals surface area (Å²) in [5, 5.41) is 9.17. The van der Waals surface area contributed by atoms with Crippen LogP contribution in [0.2, 0.25) is 0 Å². The van der Waals surface area contributed by atoms with Crippen LogP contribution in [0.25, 0.3) is 0 Å². The maximum Gasteiger partial charge on any atom is 0.325 e. The van der Waals surface area contributed by atoms with Crippen molar-refractivity contribution in [2.24, 2.45) is 0 Å². The van der Waals surface area contributed by atoms with E-state index in [-0.39, 0.29) is 0 Å². The molecule has 0 saturated carbocycles. The number of likely N-dealkylation sites (N-methyl/N-ethyl adjacent to an activating group) is 1. The number of hydrogen-bond donors (Lipinski definition) is 1. The standard InChI is InChI=1S/C12H17NO4/c1-13(2)11(12(14)15)8-5-6-9(16-3)10(7-8)17-4/h5-7,11H,1-4H3,(H,14,15)/t11-/m1/s1. The largest absolute Gasteiger partial charge is 0.493 e. The number of aliphatic carboxylic acids is 1. The summed E-state index contributed by atoms with van der Waals surface area (Å²) >= 11 is 0. The summed E-state index contributed by atoms with van der Waals surface area (Å²) in [6.45, 7) is 0. The Labute approximate surface area is 101 Å². The number of ether oxygens (including phenoxy) is 2. The summed E-state index contributed by atoms with van der Waals surface area (Å²) in [5.74, 6) is 0.208. The zero-order valence-corrected chi connectivity index (χ0v) is 10.4. The minimum Gasteiger partial charge on any atom is -0.493 e. The number of hydrogen-bond acceptors (Lipinski definition) is 4. The number of carboxylic acid groups (broad SMARTS) is 1. The second-order valence-corrected chi connectivity index (χ2v) is 3.82. The van der Waals surface area contributed by atoms with Gasteiger partial charge in [0, 0.05) is 0 Å². The third kappa shape index (κ3) is 2.88. The van der Waals surface area contributed by atoms with Crippen LogP contribution in [0.15, 0.2) is 18.2 Å². The Hall–Kier alpha value is -1.75. The van der Waals surface area contributed by atoms with Crippen molar-refractivity contribution in [3.63, 3.8) is 0 Å². The molecule has 5 heteroatoms. The van der Waals surface area contributed by atoms with E-state index in [1.807, 2.05) is 0 Å². The third-order valence-electron chi connectivity index (χ3n) is 2.47. The summed E-state index contributed by atoms with van der Waals surface area (Å²) in [5.41, 5.74) is 0.653. The van der Waals surface area contributed by atoms with Gasteiger partial charge in [-0.25, -0.2) is 0 Å². The van der Waals surface area contributed by atoms with E-state index < -0.39 is 12.0 Å². The number of rotatable bonds is 5. The highest BCUT2D eigenvalue weighted by Crippen LogP contribution is 2.31. The predicted octanol–water partition coefficient (Wildman–Crippen LogP) is 1.39. The van der Waals surface area contributed by atoms with E-state index in [1.165, 1.54) is 14.2 Å². The minimum atomic E-state index is -0.901. The number of benzene rings is 1. The minimum absolute atomic E-state index is 0.526. The average molecular weight is 239 g/mol. The van der Waals surface area contributed by atoms with Crippen LogP contribution in [0, 0.1) is 0 Å². The highest BCUT2D eigenvalue weighted by molar-refractivity contribution is 5.75. The van der Waals surface area contributed by atoms with Gasteiger partial charge in [0.2, 0.25) is 0 Å². The maximum atomic E-state index is 11.2. The molecular formula is C12H17NO4. The molecule has 0 amide bonds. The highest BCUT2D eigenvalue weighted by Gasteiger charge is 2.23. The van der Waals surface area contributed by atoms with Crippen molar-refractivity contribution >= 4 is 5.97 Å².